The molecular weight excluding hydrogens is 246 g/mol. The fourth-order valence-electron chi connectivity index (χ4n) is 2.46. The predicted octanol–water partition coefficient (Wildman–Crippen LogP) is 2.20. The second-order valence-electron chi connectivity index (χ2n) is 5.22. The zero-order chi connectivity index (χ0) is 13.1. The third-order valence-corrected chi connectivity index (χ3v) is 4.56. The van der Waals surface area contributed by atoms with Crippen LogP contribution in [0.2, 0.25) is 0 Å². The predicted molar refractivity (Wildman–Crippen MR) is 76.3 cm³/mol. The second-order valence-corrected chi connectivity index (χ2v) is 6.28. The number of hydrogen-bond acceptors (Lipinski definition) is 5. The molecular formula is C13H23N3OS. The lowest BCUT2D eigenvalue weighted by Crippen LogP contribution is -2.20. The molecule has 4 nitrogen and oxygen atoms in total. The van der Waals surface area contributed by atoms with Crippen molar-refractivity contribution in [3.05, 3.63) is 10.6 Å². The molecule has 1 aliphatic rings. The summed E-state index contributed by atoms with van der Waals surface area (Å²) < 4.78 is 5.23. The van der Waals surface area contributed by atoms with Crippen LogP contribution in [0.1, 0.15) is 36.8 Å². The third-order valence-electron chi connectivity index (χ3n) is 3.41. The molecule has 1 aliphatic heterocycles. The molecule has 2 N–H and O–H groups in total. The number of ether oxygens (including phenoxy) is 1. The lowest BCUT2D eigenvalue weighted by atomic mass is 10.1. The molecule has 2 rings (SSSR count). The van der Waals surface area contributed by atoms with E-state index < -0.39 is 0 Å². The van der Waals surface area contributed by atoms with E-state index in [0.717, 1.165) is 24.8 Å². The summed E-state index contributed by atoms with van der Waals surface area (Å²) in [6.45, 7) is 7.95. The molecule has 0 radical (unpaired) electrons. The summed E-state index contributed by atoms with van der Waals surface area (Å²) in [6, 6.07) is 0. The standard InChI is InChI=1S/C13H23N3OS/c1-9(2)12-11(6-14)18-13(15-12)16-5-4-10(7-16)8-17-3/h9-10H,4-8,14H2,1-3H3. The minimum absolute atomic E-state index is 0.450. The highest BCUT2D eigenvalue weighted by Gasteiger charge is 2.25. The van der Waals surface area contributed by atoms with Crippen molar-refractivity contribution in [1.29, 1.82) is 0 Å². The van der Waals surface area contributed by atoms with E-state index >= 15 is 0 Å². The Labute approximate surface area is 113 Å². The fraction of sp³-hybridized carbons (Fsp3) is 0.769. The normalized spacial score (nSPS) is 20.1. The fourth-order valence-corrected chi connectivity index (χ4v) is 3.59. The van der Waals surface area contributed by atoms with Crippen LogP contribution in [0, 0.1) is 5.92 Å². The largest absolute Gasteiger partial charge is 0.384 e. The Morgan fingerprint density at radius 1 is 1.56 bits per heavy atom. The van der Waals surface area contributed by atoms with E-state index in [9.17, 15) is 0 Å². The Bertz CT molecular complexity index is 392. The Hall–Kier alpha value is -0.650. The van der Waals surface area contributed by atoms with Crippen molar-refractivity contribution >= 4 is 16.5 Å². The average molecular weight is 269 g/mol. The van der Waals surface area contributed by atoms with Crippen LogP contribution in [0.25, 0.3) is 0 Å². The first-order chi connectivity index (χ1) is 8.65. The molecule has 5 heteroatoms. The van der Waals surface area contributed by atoms with Gasteiger partial charge in [-0.2, -0.15) is 0 Å². The number of thiazole rings is 1. The van der Waals surface area contributed by atoms with Gasteiger partial charge in [0.2, 0.25) is 0 Å². The smallest absolute Gasteiger partial charge is 0.185 e. The SMILES string of the molecule is COCC1CCN(c2nc(C(C)C)c(CN)s2)C1. The molecule has 0 amide bonds. The summed E-state index contributed by atoms with van der Waals surface area (Å²) in [5.41, 5.74) is 6.98. The van der Waals surface area contributed by atoms with E-state index in [0.29, 0.717) is 18.4 Å². The molecule has 18 heavy (non-hydrogen) atoms. The lowest BCUT2D eigenvalue weighted by Gasteiger charge is -2.14. The van der Waals surface area contributed by atoms with Crippen molar-refractivity contribution in [2.45, 2.75) is 32.7 Å². The van der Waals surface area contributed by atoms with Crippen molar-refractivity contribution in [2.75, 3.05) is 31.7 Å². The topological polar surface area (TPSA) is 51.4 Å². The van der Waals surface area contributed by atoms with Gasteiger partial charge < -0.3 is 15.4 Å². The molecule has 0 aliphatic carbocycles. The summed E-state index contributed by atoms with van der Waals surface area (Å²) in [5, 5.41) is 1.14. The summed E-state index contributed by atoms with van der Waals surface area (Å²) in [5.74, 6) is 1.09. The molecule has 1 atom stereocenters. The molecule has 0 spiro atoms. The minimum Gasteiger partial charge on any atom is -0.384 e. The molecule has 2 heterocycles. The van der Waals surface area contributed by atoms with E-state index in [4.69, 9.17) is 15.5 Å². The van der Waals surface area contributed by atoms with Gasteiger partial charge in [0.15, 0.2) is 5.13 Å². The van der Waals surface area contributed by atoms with Gasteiger partial charge in [-0.05, 0) is 12.3 Å². The summed E-state index contributed by atoms with van der Waals surface area (Å²) >= 11 is 1.75. The monoisotopic (exact) mass is 269 g/mol. The number of rotatable bonds is 5. The average Bonchev–Trinajstić information content (AvgIpc) is 2.94. The second kappa shape index (κ2) is 5.99. The van der Waals surface area contributed by atoms with Crippen LogP contribution in [0.15, 0.2) is 0 Å². The zero-order valence-electron chi connectivity index (χ0n) is 11.5. The van der Waals surface area contributed by atoms with Crippen molar-refractivity contribution in [3.8, 4) is 0 Å². The summed E-state index contributed by atoms with van der Waals surface area (Å²) in [4.78, 5) is 8.39. The van der Waals surface area contributed by atoms with Gasteiger partial charge in [-0.3, -0.25) is 0 Å². The molecule has 0 bridgehead atoms. The molecule has 1 saturated heterocycles. The molecule has 1 aromatic rings. The Morgan fingerprint density at radius 3 is 2.89 bits per heavy atom. The first kappa shape index (κ1) is 13.8. The molecule has 0 saturated carbocycles. The van der Waals surface area contributed by atoms with Crippen LogP contribution in [0.3, 0.4) is 0 Å². The van der Waals surface area contributed by atoms with Gasteiger partial charge in [0.1, 0.15) is 0 Å². The van der Waals surface area contributed by atoms with E-state index in [1.165, 1.54) is 17.0 Å². The van der Waals surface area contributed by atoms with E-state index in [-0.39, 0.29) is 0 Å². The minimum atomic E-state index is 0.450. The highest BCUT2D eigenvalue weighted by Crippen LogP contribution is 2.33. The molecule has 1 unspecified atom stereocenters. The summed E-state index contributed by atoms with van der Waals surface area (Å²) in [7, 11) is 1.77. The molecule has 1 aromatic heterocycles. The zero-order valence-corrected chi connectivity index (χ0v) is 12.3. The molecule has 0 aromatic carbocycles. The Morgan fingerprint density at radius 2 is 2.33 bits per heavy atom. The van der Waals surface area contributed by atoms with Crippen molar-refractivity contribution in [1.82, 2.24) is 4.98 Å². The van der Waals surface area contributed by atoms with E-state index in [1.807, 2.05) is 0 Å². The van der Waals surface area contributed by atoms with Crippen LogP contribution >= 0.6 is 11.3 Å². The third kappa shape index (κ3) is 2.84. The number of anilines is 1. The maximum absolute atomic E-state index is 5.81. The number of methoxy groups -OCH3 is 1. The van der Waals surface area contributed by atoms with Gasteiger partial charge in [0.05, 0.1) is 12.3 Å². The van der Waals surface area contributed by atoms with Crippen LogP contribution in [0.5, 0.6) is 0 Å². The van der Waals surface area contributed by atoms with Crippen LogP contribution < -0.4 is 10.6 Å². The first-order valence-corrected chi connectivity index (χ1v) is 7.40. The van der Waals surface area contributed by atoms with Gasteiger partial charge >= 0.3 is 0 Å². The van der Waals surface area contributed by atoms with Crippen molar-refractivity contribution in [2.24, 2.45) is 11.7 Å². The highest BCUT2D eigenvalue weighted by atomic mass is 32.1. The maximum Gasteiger partial charge on any atom is 0.185 e. The molecule has 1 fully saturated rings. The quantitative estimate of drug-likeness (QED) is 0.890. The van der Waals surface area contributed by atoms with Crippen molar-refractivity contribution < 1.29 is 4.74 Å². The van der Waals surface area contributed by atoms with E-state index in [2.05, 4.69) is 18.7 Å². The van der Waals surface area contributed by atoms with E-state index in [1.54, 1.807) is 18.4 Å². The number of nitrogens with zero attached hydrogens (tertiary/aromatic N) is 2. The number of hydrogen-bond donors (Lipinski definition) is 1. The highest BCUT2D eigenvalue weighted by molar-refractivity contribution is 7.15. The summed E-state index contributed by atoms with van der Waals surface area (Å²) in [6.07, 6.45) is 1.20. The lowest BCUT2D eigenvalue weighted by molar-refractivity contribution is 0.161. The first-order valence-electron chi connectivity index (χ1n) is 6.59. The van der Waals surface area contributed by atoms with Gasteiger partial charge in [-0.25, -0.2) is 4.98 Å². The van der Waals surface area contributed by atoms with Gasteiger partial charge in [-0.15, -0.1) is 11.3 Å². The van der Waals surface area contributed by atoms with Gasteiger partial charge in [0.25, 0.3) is 0 Å². The molecule has 102 valence electrons. The van der Waals surface area contributed by atoms with Crippen LogP contribution in [-0.4, -0.2) is 31.8 Å². The van der Waals surface area contributed by atoms with Gasteiger partial charge in [0, 0.05) is 37.5 Å². The Balaban J connectivity index is 2.10. The number of aromatic nitrogens is 1. The van der Waals surface area contributed by atoms with Crippen molar-refractivity contribution in [3.63, 3.8) is 0 Å². The Kier molecular flexibility index (Phi) is 4.59. The van der Waals surface area contributed by atoms with Crippen LogP contribution in [0.4, 0.5) is 5.13 Å². The van der Waals surface area contributed by atoms with Crippen LogP contribution in [-0.2, 0) is 11.3 Å². The number of nitrogens with two attached hydrogens (primary N) is 1. The maximum atomic E-state index is 5.81. The van der Waals surface area contributed by atoms with Gasteiger partial charge in [-0.1, -0.05) is 13.8 Å².